The van der Waals surface area contributed by atoms with Gasteiger partial charge in [-0.2, -0.15) is 0 Å². The minimum atomic E-state index is 0.339. The second-order valence-corrected chi connectivity index (χ2v) is 5.70. The van der Waals surface area contributed by atoms with Crippen molar-refractivity contribution in [1.82, 2.24) is 5.32 Å². The van der Waals surface area contributed by atoms with Crippen LogP contribution >= 0.6 is 35.0 Å². The molecule has 82 valence electrons. The van der Waals surface area contributed by atoms with Crippen LogP contribution < -0.4 is 5.32 Å². The Morgan fingerprint density at radius 3 is 2.53 bits per heavy atom. The third kappa shape index (κ3) is 2.82. The average molecular weight is 262 g/mol. The Hall–Kier alpha value is 0.110. The average Bonchev–Trinajstić information content (AvgIpc) is 2.64. The number of nitrogens with one attached hydrogen (secondary N) is 1. The highest BCUT2D eigenvalue weighted by Crippen LogP contribution is 2.35. The molecule has 1 heterocycles. The molecule has 4 heteroatoms. The van der Waals surface area contributed by atoms with Gasteiger partial charge in [-0.05, 0) is 30.2 Å². The lowest BCUT2D eigenvalue weighted by Gasteiger charge is -2.12. The third-order valence-electron chi connectivity index (χ3n) is 2.53. The first kappa shape index (κ1) is 11.6. The molecule has 15 heavy (non-hydrogen) atoms. The molecule has 0 saturated carbocycles. The molecule has 1 aliphatic heterocycles. The molecule has 2 atom stereocenters. The number of rotatable bonds is 2. The fourth-order valence-corrected chi connectivity index (χ4v) is 3.59. The van der Waals surface area contributed by atoms with Gasteiger partial charge >= 0.3 is 0 Å². The largest absolute Gasteiger partial charge is 0.298 e. The van der Waals surface area contributed by atoms with Crippen LogP contribution in [0.1, 0.15) is 24.3 Å². The van der Waals surface area contributed by atoms with Gasteiger partial charge in [0, 0.05) is 21.8 Å². The van der Waals surface area contributed by atoms with Gasteiger partial charge in [0.15, 0.2) is 0 Å². The summed E-state index contributed by atoms with van der Waals surface area (Å²) in [6.07, 6.45) is 1.16. The maximum absolute atomic E-state index is 5.98. The van der Waals surface area contributed by atoms with Gasteiger partial charge in [-0.25, -0.2) is 0 Å². The van der Waals surface area contributed by atoms with E-state index in [1.807, 2.05) is 23.9 Å². The molecule has 0 aliphatic carbocycles. The van der Waals surface area contributed by atoms with Crippen LogP contribution in [-0.4, -0.2) is 11.8 Å². The predicted molar refractivity (Wildman–Crippen MR) is 68.9 cm³/mol. The highest BCUT2D eigenvalue weighted by Gasteiger charge is 2.24. The van der Waals surface area contributed by atoms with Crippen LogP contribution in [0.15, 0.2) is 18.2 Å². The topological polar surface area (TPSA) is 12.0 Å². The maximum atomic E-state index is 5.98. The SMILES string of the molecule is CCC1CSC(c2cc(Cl)cc(Cl)c2)N1. The number of thioether (sulfide) groups is 1. The number of benzene rings is 1. The van der Waals surface area contributed by atoms with Crippen molar-refractivity contribution in [1.29, 1.82) is 0 Å². The van der Waals surface area contributed by atoms with Crippen LogP contribution in [0.3, 0.4) is 0 Å². The standard InChI is InChI=1S/C11H13Cl2NS/c1-2-10-6-15-11(14-10)7-3-8(12)5-9(13)4-7/h3-5,10-11,14H,2,6H2,1H3. The first-order valence-corrected chi connectivity index (χ1v) is 6.83. The van der Waals surface area contributed by atoms with E-state index in [1.165, 1.54) is 5.56 Å². The molecule has 0 radical (unpaired) electrons. The van der Waals surface area contributed by atoms with Gasteiger partial charge in [0.25, 0.3) is 0 Å². The third-order valence-corrected chi connectivity index (χ3v) is 4.30. The van der Waals surface area contributed by atoms with E-state index in [0.717, 1.165) is 12.2 Å². The van der Waals surface area contributed by atoms with E-state index < -0.39 is 0 Å². The van der Waals surface area contributed by atoms with Crippen LogP contribution in [0, 0.1) is 0 Å². The van der Waals surface area contributed by atoms with Gasteiger partial charge in [0.05, 0.1) is 5.37 Å². The van der Waals surface area contributed by atoms with Crippen LogP contribution in [0.25, 0.3) is 0 Å². The zero-order valence-corrected chi connectivity index (χ0v) is 10.8. The Morgan fingerprint density at radius 2 is 2.00 bits per heavy atom. The summed E-state index contributed by atoms with van der Waals surface area (Å²) < 4.78 is 0. The molecule has 2 unspecified atom stereocenters. The van der Waals surface area contributed by atoms with Crippen LogP contribution in [0.2, 0.25) is 10.0 Å². The van der Waals surface area contributed by atoms with Crippen molar-refractivity contribution in [3.8, 4) is 0 Å². The Morgan fingerprint density at radius 1 is 1.33 bits per heavy atom. The summed E-state index contributed by atoms with van der Waals surface area (Å²) in [5.74, 6) is 1.16. The molecule has 1 aromatic rings. The van der Waals surface area contributed by atoms with E-state index in [-0.39, 0.29) is 0 Å². The molecule has 1 saturated heterocycles. The minimum absolute atomic E-state index is 0.339. The molecule has 1 fully saturated rings. The summed E-state index contributed by atoms with van der Waals surface area (Å²) in [6, 6.07) is 6.34. The molecule has 2 rings (SSSR count). The molecule has 1 nitrogen and oxygen atoms in total. The summed E-state index contributed by atoms with van der Waals surface area (Å²) in [5.41, 5.74) is 1.17. The molecular formula is C11H13Cl2NS. The lowest BCUT2D eigenvalue weighted by Crippen LogP contribution is -2.24. The number of halogens is 2. The molecule has 0 amide bonds. The molecule has 0 aromatic heterocycles. The van der Waals surface area contributed by atoms with Gasteiger partial charge in [-0.1, -0.05) is 30.1 Å². The molecule has 1 aliphatic rings. The summed E-state index contributed by atoms with van der Waals surface area (Å²) in [6.45, 7) is 2.20. The summed E-state index contributed by atoms with van der Waals surface area (Å²) in [7, 11) is 0. The van der Waals surface area contributed by atoms with Crippen LogP contribution in [0.4, 0.5) is 0 Å². The first-order chi connectivity index (χ1) is 7.19. The predicted octanol–water partition coefficient (Wildman–Crippen LogP) is 4.11. The number of hydrogen-bond acceptors (Lipinski definition) is 2. The molecule has 0 spiro atoms. The Bertz CT molecular complexity index is 336. The Kier molecular flexibility index (Phi) is 3.83. The van der Waals surface area contributed by atoms with E-state index >= 15 is 0 Å². The fraction of sp³-hybridized carbons (Fsp3) is 0.455. The zero-order chi connectivity index (χ0) is 10.8. The minimum Gasteiger partial charge on any atom is -0.298 e. The Balaban J connectivity index is 2.16. The molecular weight excluding hydrogens is 249 g/mol. The zero-order valence-electron chi connectivity index (χ0n) is 8.47. The van der Waals surface area contributed by atoms with Crippen LogP contribution in [-0.2, 0) is 0 Å². The number of hydrogen-bond donors (Lipinski definition) is 1. The smallest absolute Gasteiger partial charge is 0.0793 e. The van der Waals surface area contributed by atoms with Gasteiger partial charge in [0.2, 0.25) is 0 Å². The summed E-state index contributed by atoms with van der Waals surface area (Å²) >= 11 is 13.9. The van der Waals surface area contributed by atoms with Crippen molar-refractivity contribution in [2.75, 3.05) is 5.75 Å². The van der Waals surface area contributed by atoms with Gasteiger partial charge in [-0.15, -0.1) is 11.8 Å². The van der Waals surface area contributed by atoms with Crippen molar-refractivity contribution < 1.29 is 0 Å². The quantitative estimate of drug-likeness (QED) is 0.860. The second kappa shape index (κ2) is 4.96. The normalized spacial score (nSPS) is 25.8. The Labute approximate surface area is 105 Å². The van der Waals surface area contributed by atoms with Crippen molar-refractivity contribution >= 4 is 35.0 Å². The van der Waals surface area contributed by atoms with E-state index in [4.69, 9.17) is 23.2 Å². The highest BCUT2D eigenvalue weighted by molar-refractivity contribution is 7.99. The lowest BCUT2D eigenvalue weighted by molar-refractivity contribution is 0.561. The monoisotopic (exact) mass is 261 g/mol. The van der Waals surface area contributed by atoms with Gasteiger partial charge in [0.1, 0.15) is 0 Å². The maximum Gasteiger partial charge on any atom is 0.0793 e. The summed E-state index contributed by atoms with van der Waals surface area (Å²) in [4.78, 5) is 0. The highest BCUT2D eigenvalue weighted by atomic mass is 35.5. The van der Waals surface area contributed by atoms with Gasteiger partial charge < -0.3 is 0 Å². The second-order valence-electron chi connectivity index (χ2n) is 3.69. The van der Waals surface area contributed by atoms with Crippen LogP contribution in [0.5, 0.6) is 0 Å². The van der Waals surface area contributed by atoms with E-state index in [1.54, 1.807) is 6.07 Å². The first-order valence-electron chi connectivity index (χ1n) is 5.02. The van der Waals surface area contributed by atoms with E-state index in [2.05, 4.69) is 12.2 Å². The fourth-order valence-electron chi connectivity index (χ4n) is 1.68. The van der Waals surface area contributed by atoms with Crippen molar-refractivity contribution in [3.63, 3.8) is 0 Å². The lowest BCUT2D eigenvalue weighted by atomic mass is 10.2. The van der Waals surface area contributed by atoms with Crippen molar-refractivity contribution in [3.05, 3.63) is 33.8 Å². The van der Waals surface area contributed by atoms with E-state index in [0.29, 0.717) is 21.5 Å². The molecule has 1 N–H and O–H groups in total. The van der Waals surface area contributed by atoms with Crippen molar-refractivity contribution in [2.45, 2.75) is 24.8 Å². The summed E-state index contributed by atoms with van der Waals surface area (Å²) in [5, 5.41) is 5.31. The van der Waals surface area contributed by atoms with Gasteiger partial charge in [-0.3, -0.25) is 5.32 Å². The molecule has 0 bridgehead atoms. The molecule has 1 aromatic carbocycles. The van der Waals surface area contributed by atoms with E-state index in [9.17, 15) is 0 Å². The van der Waals surface area contributed by atoms with Crippen molar-refractivity contribution in [2.24, 2.45) is 0 Å².